The summed E-state index contributed by atoms with van der Waals surface area (Å²) in [5, 5.41) is 0. The highest BCUT2D eigenvalue weighted by Gasteiger charge is 2.31. The summed E-state index contributed by atoms with van der Waals surface area (Å²) < 4.78 is 41.0. The fraction of sp³-hybridized carbons (Fsp3) is 0.231. The standard InChI is InChI=1S/C26H23F3N8O/c1-14-22-23(30)35-20-8-5-17(11-21(20)37(22)16(3)34-14)25(38)36(15(2)24-31-9-4-10-32-24)13-19-7-6-18(12-33-19)26(27,28)29/h4-12,15H,13H2,1-3H3,(H2,30,35)/t15-/m1/s1. The van der Waals surface area contributed by atoms with Crippen LogP contribution in [0, 0.1) is 13.8 Å². The number of anilines is 1. The van der Waals surface area contributed by atoms with Crippen molar-refractivity contribution in [3.8, 4) is 0 Å². The molecule has 0 aliphatic heterocycles. The van der Waals surface area contributed by atoms with E-state index >= 15 is 0 Å². The third kappa shape index (κ3) is 4.49. The lowest BCUT2D eigenvalue weighted by Crippen LogP contribution is -2.34. The van der Waals surface area contributed by atoms with Crippen molar-refractivity contribution < 1.29 is 18.0 Å². The summed E-state index contributed by atoms with van der Waals surface area (Å²) in [5.74, 6) is 1.03. The van der Waals surface area contributed by atoms with Gasteiger partial charge >= 0.3 is 6.18 Å². The first-order valence-corrected chi connectivity index (χ1v) is 11.7. The van der Waals surface area contributed by atoms with Crippen LogP contribution in [0.15, 0.2) is 55.0 Å². The van der Waals surface area contributed by atoms with Crippen molar-refractivity contribution in [1.29, 1.82) is 0 Å². The van der Waals surface area contributed by atoms with Gasteiger partial charge in [0.05, 0.1) is 40.6 Å². The molecule has 0 radical (unpaired) electrons. The first-order valence-electron chi connectivity index (χ1n) is 11.7. The molecule has 5 rings (SSSR count). The number of halogens is 3. The molecule has 0 fully saturated rings. The highest BCUT2D eigenvalue weighted by atomic mass is 19.4. The van der Waals surface area contributed by atoms with Crippen LogP contribution in [0.3, 0.4) is 0 Å². The SMILES string of the molecule is Cc1nc(C)n2c1c(N)nc1ccc(C(=O)N(Cc3ccc(C(F)(F)F)cn3)[C@H](C)c3ncccn3)cc12. The van der Waals surface area contributed by atoms with Crippen molar-refractivity contribution in [3.63, 3.8) is 0 Å². The van der Waals surface area contributed by atoms with E-state index in [9.17, 15) is 18.0 Å². The Hall–Kier alpha value is -4.61. The normalized spacial score (nSPS) is 12.7. The number of aryl methyl sites for hydroxylation is 2. The Labute approximate surface area is 215 Å². The molecule has 0 unspecified atom stereocenters. The topological polar surface area (TPSA) is 115 Å². The van der Waals surface area contributed by atoms with Gasteiger partial charge in [-0.15, -0.1) is 0 Å². The van der Waals surface area contributed by atoms with Crippen LogP contribution in [0.2, 0.25) is 0 Å². The van der Waals surface area contributed by atoms with Crippen molar-refractivity contribution in [3.05, 3.63) is 89.2 Å². The molecule has 0 bridgehead atoms. The predicted octanol–water partition coefficient (Wildman–Crippen LogP) is 4.69. The van der Waals surface area contributed by atoms with Gasteiger partial charge in [-0.2, -0.15) is 13.2 Å². The quantitative estimate of drug-likeness (QED) is 0.358. The number of nitrogens with zero attached hydrogens (tertiary/aromatic N) is 7. The number of imidazole rings is 1. The van der Waals surface area contributed by atoms with Crippen molar-refractivity contribution in [2.45, 2.75) is 39.5 Å². The molecule has 0 spiro atoms. The molecule has 2 N–H and O–H groups in total. The lowest BCUT2D eigenvalue weighted by atomic mass is 10.1. The van der Waals surface area contributed by atoms with Gasteiger partial charge in [0.15, 0.2) is 0 Å². The molecule has 0 saturated carbocycles. The predicted molar refractivity (Wildman–Crippen MR) is 134 cm³/mol. The lowest BCUT2D eigenvalue weighted by Gasteiger charge is -2.28. The molecule has 0 aliphatic carbocycles. The van der Waals surface area contributed by atoms with Crippen LogP contribution in [0.4, 0.5) is 19.0 Å². The van der Waals surface area contributed by atoms with E-state index in [0.717, 1.165) is 18.0 Å². The van der Waals surface area contributed by atoms with E-state index in [-0.39, 0.29) is 18.1 Å². The Bertz CT molecular complexity index is 1650. The molecule has 0 aliphatic rings. The Morgan fingerprint density at radius 2 is 1.82 bits per heavy atom. The van der Waals surface area contributed by atoms with Crippen LogP contribution in [-0.2, 0) is 12.7 Å². The number of nitrogen functional groups attached to an aromatic ring is 1. The van der Waals surface area contributed by atoms with Crippen LogP contribution in [0.25, 0.3) is 16.6 Å². The van der Waals surface area contributed by atoms with Gasteiger partial charge in [0.2, 0.25) is 0 Å². The summed E-state index contributed by atoms with van der Waals surface area (Å²) in [5.41, 5.74) is 8.54. The van der Waals surface area contributed by atoms with Gasteiger partial charge in [0, 0.05) is 24.2 Å². The van der Waals surface area contributed by atoms with Gasteiger partial charge in [-0.3, -0.25) is 14.2 Å². The Balaban J connectivity index is 1.58. The molecule has 4 aromatic heterocycles. The lowest BCUT2D eigenvalue weighted by molar-refractivity contribution is -0.137. The number of hydrogen-bond acceptors (Lipinski definition) is 7. The number of carbonyl (C=O) groups excluding carboxylic acids is 1. The molecular formula is C26H23F3N8O. The van der Waals surface area contributed by atoms with Gasteiger partial charge in [-0.05, 0) is 57.2 Å². The zero-order valence-electron chi connectivity index (χ0n) is 20.7. The minimum absolute atomic E-state index is 0.0625. The summed E-state index contributed by atoms with van der Waals surface area (Å²) >= 11 is 0. The first-order chi connectivity index (χ1) is 18.0. The summed E-state index contributed by atoms with van der Waals surface area (Å²) in [4.78, 5) is 36.9. The Kier molecular flexibility index (Phi) is 6.17. The van der Waals surface area contributed by atoms with Gasteiger partial charge in [-0.1, -0.05) is 0 Å². The Morgan fingerprint density at radius 3 is 2.47 bits per heavy atom. The summed E-state index contributed by atoms with van der Waals surface area (Å²) in [6, 6.07) is 8.29. The highest BCUT2D eigenvalue weighted by molar-refractivity contribution is 5.98. The van der Waals surface area contributed by atoms with Crippen molar-refractivity contribution in [2.75, 3.05) is 5.73 Å². The number of benzene rings is 1. The molecule has 194 valence electrons. The molecule has 9 nitrogen and oxygen atoms in total. The molecule has 1 amide bonds. The molecular weight excluding hydrogens is 497 g/mol. The van der Waals surface area contributed by atoms with E-state index in [4.69, 9.17) is 5.73 Å². The van der Waals surface area contributed by atoms with E-state index in [2.05, 4.69) is 24.9 Å². The second kappa shape index (κ2) is 9.36. The largest absolute Gasteiger partial charge is 0.417 e. The minimum atomic E-state index is -4.51. The van der Waals surface area contributed by atoms with E-state index in [0.29, 0.717) is 39.6 Å². The molecule has 0 saturated heterocycles. The average Bonchev–Trinajstić information content (AvgIpc) is 3.21. The maximum absolute atomic E-state index is 13.9. The summed E-state index contributed by atoms with van der Waals surface area (Å²) in [7, 11) is 0. The van der Waals surface area contributed by atoms with Crippen LogP contribution >= 0.6 is 0 Å². The fourth-order valence-electron chi connectivity index (χ4n) is 4.45. The minimum Gasteiger partial charge on any atom is -0.382 e. The number of aromatic nitrogens is 6. The first kappa shape index (κ1) is 25.1. The van der Waals surface area contributed by atoms with Crippen molar-refractivity contribution >= 4 is 28.3 Å². The van der Waals surface area contributed by atoms with Crippen molar-refractivity contribution in [2.24, 2.45) is 0 Å². The zero-order valence-corrected chi connectivity index (χ0v) is 20.7. The fourth-order valence-corrected chi connectivity index (χ4v) is 4.45. The number of carbonyl (C=O) groups is 1. The Morgan fingerprint density at radius 1 is 1.08 bits per heavy atom. The van der Waals surface area contributed by atoms with Crippen LogP contribution in [-0.4, -0.2) is 40.1 Å². The third-order valence-electron chi connectivity index (χ3n) is 6.34. The number of pyridine rings is 1. The monoisotopic (exact) mass is 520 g/mol. The number of amides is 1. The number of alkyl halides is 3. The van der Waals surface area contributed by atoms with Gasteiger partial charge in [0.1, 0.15) is 23.0 Å². The van der Waals surface area contributed by atoms with Crippen LogP contribution < -0.4 is 5.73 Å². The van der Waals surface area contributed by atoms with E-state index in [1.165, 1.54) is 11.0 Å². The van der Waals surface area contributed by atoms with Gasteiger partial charge in [0.25, 0.3) is 5.91 Å². The van der Waals surface area contributed by atoms with Crippen LogP contribution in [0.1, 0.15) is 51.9 Å². The van der Waals surface area contributed by atoms with E-state index in [1.807, 2.05) is 18.2 Å². The maximum Gasteiger partial charge on any atom is 0.417 e. The summed E-state index contributed by atoms with van der Waals surface area (Å²) in [6.45, 7) is 5.36. The molecule has 12 heteroatoms. The number of hydrogen-bond donors (Lipinski definition) is 1. The van der Waals surface area contributed by atoms with Gasteiger partial charge < -0.3 is 10.6 Å². The molecule has 5 aromatic rings. The van der Waals surface area contributed by atoms with E-state index in [1.54, 1.807) is 43.6 Å². The second-order valence-corrected chi connectivity index (χ2v) is 8.88. The zero-order chi connectivity index (χ0) is 27.2. The average molecular weight is 521 g/mol. The van der Waals surface area contributed by atoms with Crippen LogP contribution in [0.5, 0.6) is 0 Å². The highest BCUT2D eigenvalue weighted by Crippen LogP contribution is 2.30. The third-order valence-corrected chi connectivity index (χ3v) is 6.34. The second-order valence-electron chi connectivity index (χ2n) is 8.88. The van der Waals surface area contributed by atoms with Crippen molar-refractivity contribution in [1.82, 2.24) is 34.2 Å². The number of rotatable bonds is 5. The summed E-state index contributed by atoms with van der Waals surface area (Å²) in [6.07, 6.45) is -0.631. The molecule has 1 aromatic carbocycles. The smallest absolute Gasteiger partial charge is 0.382 e. The van der Waals surface area contributed by atoms with Gasteiger partial charge in [-0.25, -0.2) is 19.9 Å². The molecule has 4 heterocycles. The van der Waals surface area contributed by atoms with E-state index < -0.39 is 17.8 Å². The number of nitrogens with two attached hydrogens (primary N) is 1. The molecule has 1 atom stereocenters. The molecule has 38 heavy (non-hydrogen) atoms. The number of fused-ring (bicyclic) bond motifs is 3. The maximum atomic E-state index is 13.9.